The fourth-order valence-electron chi connectivity index (χ4n) is 3.06. The molecule has 0 fully saturated rings. The lowest BCUT2D eigenvalue weighted by atomic mass is 10.0. The van der Waals surface area contributed by atoms with Gasteiger partial charge in [-0.15, -0.1) is 0 Å². The van der Waals surface area contributed by atoms with E-state index in [0.717, 1.165) is 43.9 Å². The molecule has 0 aliphatic carbocycles. The highest BCUT2D eigenvalue weighted by Gasteiger charge is 2.16. The summed E-state index contributed by atoms with van der Waals surface area (Å²) in [6.45, 7) is 4.02. The number of fused-ring (bicyclic) bond motifs is 1. The molecule has 2 aromatic carbocycles. The van der Waals surface area contributed by atoms with Crippen LogP contribution in [0.1, 0.15) is 16.8 Å². The van der Waals surface area contributed by atoms with Gasteiger partial charge in [0.2, 0.25) is 0 Å². The van der Waals surface area contributed by atoms with Crippen molar-refractivity contribution in [2.45, 2.75) is 13.8 Å². The third-order valence-electron chi connectivity index (χ3n) is 4.30. The molecule has 5 nitrogen and oxygen atoms in total. The summed E-state index contributed by atoms with van der Waals surface area (Å²) < 4.78 is 0. The van der Waals surface area contributed by atoms with Crippen LogP contribution in [-0.2, 0) is 0 Å². The topological polar surface area (TPSA) is 88.5 Å². The number of nitrogen functional groups attached to an aromatic ring is 1. The molecular formula is C20H15N5S. The van der Waals surface area contributed by atoms with Crippen molar-refractivity contribution in [3.05, 3.63) is 59.5 Å². The van der Waals surface area contributed by atoms with Crippen LogP contribution in [0.25, 0.3) is 32.6 Å². The second-order valence-corrected chi connectivity index (χ2v) is 7.10. The zero-order valence-corrected chi connectivity index (χ0v) is 15.1. The molecule has 0 atom stereocenters. The Morgan fingerprint density at radius 1 is 1.08 bits per heavy atom. The number of nitriles is 1. The normalized spacial score (nSPS) is 10.8. The molecule has 0 bridgehead atoms. The Kier molecular flexibility index (Phi) is 3.86. The first kappa shape index (κ1) is 16.2. The highest BCUT2D eigenvalue weighted by Crippen LogP contribution is 2.39. The summed E-state index contributed by atoms with van der Waals surface area (Å²) in [5.41, 5.74) is 12.3. The molecule has 0 aliphatic heterocycles. The lowest BCUT2D eigenvalue weighted by molar-refractivity contribution is 1.15. The summed E-state index contributed by atoms with van der Waals surface area (Å²) in [5, 5.41) is 10.7. The molecular weight excluding hydrogens is 342 g/mol. The van der Waals surface area contributed by atoms with Gasteiger partial charge in [-0.2, -0.15) is 5.26 Å². The van der Waals surface area contributed by atoms with E-state index >= 15 is 0 Å². The molecule has 0 amide bonds. The number of thiazole rings is 1. The van der Waals surface area contributed by atoms with Gasteiger partial charge >= 0.3 is 0 Å². The lowest BCUT2D eigenvalue weighted by Gasteiger charge is -2.08. The summed E-state index contributed by atoms with van der Waals surface area (Å²) in [5.74, 6) is 0. The highest BCUT2D eigenvalue weighted by atomic mass is 32.1. The molecule has 0 saturated carbocycles. The molecule has 4 rings (SSSR count). The molecule has 26 heavy (non-hydrogen) atoms. The molecule has 2 N–H and O–H groups in total. The minimum Gasteiger partial charge on any atom is -0.375 e. The van der Waals surface area contributed by atoms with E-state index in [4.69, 9.17) is 5.73 Å². The van der Waals surface area contributed by atoms with E-state index < -0.39 is 0 Å². The van der Waals surface area contributed by atoms with Crippen molar-refractivity contribution in [2.24, 2.45) is 0 Å². The van der Waals surface area contributed by atoms with E-state index in [2.05, 4.69) is 33.2 Å². The fourth-order valence-corrected chi connectivity index (χ4v) is 3.91. The van der Waals surface area contributed by atoms with Gasteiger partial charge in [0.15, 0.2) is 5.13 Å². The molecule has 0 aliphatic rings. The SMILES string of the molecule is Cc1ncnc2c(C)cc(-c3sc(N)nc3-c3cccc(C#N)c3)cc12. The van der Waals surface area contributed by atoms with Crippen molar-refractivity contribution < 1.29 is 0 Å². The molecule has 126 valence electrons. The predicted molar refractivity (Wildman–Crippen MR) is 105 cm³/mol. The maximum atomic E-state index is 9.18. The van der Waals surface area contributed by atoms with E-state index in [1.54, 1.807) is 12.4 Å². The number of aryl methyl sites for hydroxylation is 2. The molecule has 6 heteroatoms. The Morgan fingerprint density at radius 3 is 2.73 bits per heavy atom. The number of hydrogen-bond acceptors (Lipinski definition) is 6. The zero-order chi connectivity index (χ0) is 18.3. The van der Waals surface area contributed by atoms with Crippen molar-refractivity contribution in [3.63, 3.8) is 0 Å². The molecule has 0 saturated heterocycles. The molecule has 0 spiro atoms. The van der Waals surface area contributed by atoms with Gasteiger partial charge in [-0.1, -0.05) is 23.5 Å². The number of rotatable bonds is 2. The average Bonchev–Trinajstić information content (AvgIpc) is 3.04. The summed E-state index contributed by atoms with van der Waals surface area (Å²) in [7, 11) is 0. The van der Waals surface area contributed by atoms with Gasteiger partial charge in [0.05, 0.1) is 27.7 Å². The van der Waals surface area contributed by atoms with Gasteiger partial charge in [0.1, 0.15) is 6.33 Å². The van der Waals surface area contributed by atoms with Crippen molar-refractivity contribution in [1.82, 2.24) is 15.0 Å². The van der Waals surface area contributed by atoms with Gasteiger partial charge in [-0.25, -0.2) is 15.0 Å². The van der Waals surface area contributed by atoms with E-state index in [0.29, 0.717) is 10.7 Å². The van der Waals surface area contributed by atoms with Gasteiger partial charge in [-0.05, 0) is 49.2 Å². The van der Waals surface area contributed by atoms with Gasteiger partial charge in [0, 0.05) is 16.6 Å². The summed E-state index contributed by atoms with van der Waals surface area (Å²) in [4.78, 5) is 14.2. The number of nitrogens with two attached hydrogens (primary N) is 1. The van der Waals surface area contributed by atoms with Crippen LogP contribution in [0.5, 0.6) is 0 Å². The number of benzene rings is 2. The Morgan fingerprint density at radius 2 is 1.92 bits per heavy atom. The average molecular weight is 357 g/mol. The van der Waals surface area contributed by atoms with Crippen molar-refractivity contribution in [1.29, 1.82) is 5.26 Å². The summed E-state index contributed by atoms with van der Waals surface area (Å²) >= 11 is 1.44. The van der Waals surface area contributed by atoms with E-state index in [1.165, 1.54) is 11.3 Å². The van der Waals surface area contributed by atoms with Crippen LogP contribution >= 0.6 is 11.3 Å². The monoisotopic (exact) mass is 357 g/mol. The van der Waals surface area contributed by atoms with Crippen LogP contribution in [-0.4, -0.2) is 15.0 Å². The van der Waals surface area contributed by atoms with Crippen molar-refractivity contribution in [3.8, 4) is 27.8 Å². The molecule has 2 heterocycles. The first-order valence-corrected chi connectivity index (χ1v) is 8.87. The number of anilines is 1. The molecule has 2 aromatic heterocycles. The predicted octanol–water partition coefficient (Wildman–Crippen LogP) is 4.49. The Labute approximate surface area is 154 Å². The van der Waals surface area contributed by atoms with Crippen LogP contribution in [0.2, 0.25) is 0 Å². The molecule has 0 unspecified atom stereocenters. The smallest absolute Gasteiger partial charge is 0.181 e. The summed E-state index contributed by atoms with van der Waals surface area (Å²) in [6, 6.07) is 13.8. The molecule has 4 aromatic rings. The fraction of sp³-hybridized carbons (Fsp3) is 0.100. The van der Waals surface area contributed by atoms with Gasteiger partial charge in [-0.3, -0.25) is 0 Å². The van der Waals surface area contributed by atoms with Crippen molar-refractivity contribution >= 4 is 27.4 Å². The number of hydrogen-bond donors (Lipinski definition) is 1. The van der Waals surface area contributed by atoms with Gasteiger partial charge in [0.25, 0.3) is 0 Å². The zero-order valence-electron chi connectivity index (χ0n) is 14.3. The lowest BCUT2D eigenvalue weighted by Crippen LogP contribution is -1.91. The quantitative estimate of drug-likeness (QED) is 0.571. The van der Waals surface area contributed by atoms with Crippen molar-refractivity contribution in [2.75, 3.05) is 5.73 Å². The minimum absolute atomic E-state index is 0.496. The second kappa shape index (κ2) is 6.21. The first-order valence-electron chi connectivity index (χ1n) is 8.06. The maximum Gasteiger partial charge on any atom is 0.181 e. The van der Waals surface area contributed by atoms with Crippen LogP contribution in [0.15, 0.2) is 42.7 Å². The van der Waals surface area contributed by atoms with Crippen LogP contribution in [0.3, 0.4) is 0 Å². The van der Waals surface area contributed by atoms with Crippen LogP contribution < -0.4 is 5.73 Å². The Hall–Kier alpha value is -3.30. The largest absolute Gasteiger partial charge is 0.375 e. The van der Waals surface area contributed by atoms with Crippen LogP contribution in [0.4, 0.5) is 5.13 Å². The van der Waals surface area contributed by atoms with Gasteiger partial charge < -0.3 is 5.73 Å². The Bertz CT molecular complexity index is 1190. The summed E-state index contributed by atoms with van der Waals surface area (Å²) in [6.07, 6.45) is 1.59. The third kappa shape index (κ3) is 2.68. The Balaban J connectivity index is 1.96. The maximum absolute atomic E-state index is 9.18. The molecule has 0 radical (unpaired) electrons. The first-order chi connectivity index (χ1) is 12.6. The third-order valence-corrected chi connectivity index (χ3v) is 5.23. The minimum atomic E-state index is 0.496. The van der Waals surface area contributed by atoms with E-state index in [1.807, 2.05) is 32.0 Å². The van der Waals surface area contributed by atoms with Crippen LogP contribution in [0, 0.1) is 25.2 Å². The standard InChI is InChI=1S/C20H15N5S/c1-11-6-15(8-16-12(2)23-10-24-17(11)16)19-18(25-20(22)26-19)14-5-3-4-13(7-14)9-21/h3-8,10H,1-2H3,(H2,22,25). The van der Waals surface area contributed by atoms with E-state index in [-0.39, 0.29) is 0 Å². The highest BCUT2D eigenvalue weighted by molar-refractivity contribution is 7.19. The number of aromatic nitrogens is 3. The van der Waals surface area contributed by atoms with E-state index in [9.17, 15) is 5.26 Å². The second-order valence-electron chi connectivity index (χ2n) is 6.07. The number of nitrogens with zero attached hydrogens (tertiary/aromatic N) is 4.